The number of rotatable bonds is 3. The predicted molar refractivity (Wildman–Crippen MR) is 64.1 cm³/mol. The Morgan fingerprint density at radius 1 is 1.50 bits per heavy atom. The van der Waals surface area contributed by atoms with Gasteiger partial charge in [0.05, 0.1) is 11.0 Å². The van der Waals surface area contributed by atoms with E-state index < -0.39 is 6.10 Å². The number of para-hydroxylation sites is 1. The van der Waals surface area contributed by atoms with Gasteiger partial charge in [0, 0.05) is 7.05 Å². The summed E-state index contributed by atoms with van der Waals surface area (Å²) in [6.45, 7) is 2.51. The molecule has 3 N–H and O–H groups in total. The third kappa shape index (κ3) is 1.70. The highest BCUT2D eigenvalue weighted by atomic mass is 16.3. The van der Waals surface area contributed by atoms with E-state index in [1.54, 1.807) is 0 Å². The Morgan fingerprint density at radius 3 is 2.88 bits per heavy atom. The number of aromatic nitrogens is 2. The number of benzene rings is 1. The summed E-state index contributed by atoms with van der Waals surface area (Å²) in [6.07, 6.45) is -0.0438. The number of aliphatic hydroxyl groups is 1. The van der Waals surface area contributed by atoms with Gasteiger partial charge >= 0.3 is 0 Å². The van der Waals surface area contributed by atoms with Crippen LogP contribution in [0, 0.1) is 6.92 Å². The summed E-state index contributed by atoms with van der Waals surface area (Å²) in [6, 6.07) is 5.98. The average molecular weight is 219 g/mol. The zero-order chi connectivity index (χ0) is 11.7. The highest BCUT2D eigenvalue weighted by Crippen LogP contribution is 2.23. The van der Waals surface area contributed by atoms with Gasteiger partial charge in [0.15, 0.2) is 0 Å². The Labute approximate surface area is 94.7 Å². The molecule has 86 valence electrons. The Hall–Kier alpha value is -1.39. The molecule has 16 heavy (non-hydrogen) atoms. The zero-order valence-electron chi connectivity index (χ0n) is 9.64. The van der Waals surface area contributed by atoms with Gasteiger partial charge in [0.2, 0.25) is 0 Å². The fraction of sp³-hybridized carbons (Fsp3) is 0.417. The van der Waals surface area contributed by atoms with Crippen molar-refractivity contribution in [1.82, 2.24) is 9.55 Å². The molecule has 2 rings (SSSR count). The van der Waals surface area contributed by atoms with Gasteiger partial charge < -0.3 is 15.4 Å². The number of nitrogens with two attached hydrogens (primary N) is 1. The molecule has 1 atom stereocenters. The highest BCUT2D eigenvalue weighted by Gasteiger charge is 2.15. The molecule has 0 saturated heterocycles. The van der Waals surface area contributed by atoms with Crippen LogP contribution in [0.1, 0.15) is 23.9 Å². The molecule has 0 saturated carbocycles. The number of aliphatic hydroxyl groups excluding tert-OH is 1. The second-order valence-corrected chi connectivity index (χ2v) is 4.06. The van der Waals surface area contributed by atoms with Gasteiger partial charge in [-0.1, -0.05) is 12.1 Å². The van der Waals surface area contributed by atoms with Crippen LogP contribution >= 0.6 is 0 Å². The summed E-state index contributed by atoms with van der Waals surface area (Å²) in [5.41, 5.74) is 8.61. The molecular formula is C12H17N3O. The van der Waals surface area contributed by atoms with Crippen LogP contribution in [-0.2, 0) is 7.05 Å². The molecule has 1 unspecified atom stereocenters. The van der Waals surface area contributed by atoms with Crippen molar-refractivity contribution in [2.45, 2.75) is 19.4 Å². The molecule has 2 aromatic rings. The minimum absolute atomic E-state index is 0.462. The molecule has 0 spiro atoms. The lowest BCUT2D eigenvalue weighted by Crippen LogP contribution is -2.11. The van der Waals surface area contributed by atoms with E-state index in [2.05, 4.69) is 4.98 Å². The summed E-state index contributed by atoms with van der Waals surface area (Å²) in [4.78, 5) is 4.45. The molecule has 0 radical (unpaired) electrons. The van der Waals surface area contributed by atoms with Crippen LogP contribution in [-0.4, -0.2) is 21.2 Å². The summed E-state index contributed by atoms with van der Waals surface area (Å²) in [7, 11) is 1.93. The van der Waals surface area contributed by atoms with Gasteiger partial charge in [-0.3, -0.25) is 0 Å². The van der Waals surface area contributed by atoms with Crippen molar-refractivity contribution in [3.8, 4) is 0 Å². The van der Waals surface area contributed by atoms with Crippen molar-refractivity contribution >= 4 is 11.0 Å². The van der Waals surface area contributed by atoms with Crippen LogP contribution in [0.2, 0.25) is 0 Å². The van der Waals surface area contributed by atoms with E-state index in [4.69, 9.17) is 5.73 Å². The van der Waals surface area contributed by atoms with Gasteiger partial charge in [-0.25, -0.2) is 4.98 Å². The summed E-state index contributed by atoms with van der Waals surface area (Å²) in [5, 5.41) is 9.93. The maximum absolute atomic E-state index is 9.93. The first-order valence-electron chi connectivity index (χ1n) is 5.45. The maximum atomic E-state index is 9.93. The molecule has 4 heteroatoms. The number of hydrogen-bond acceptors (Lipinski definition) is 3. The molecule has 1 aromatic heterocycles. The highest BCUT2D eigenvalue weighted by molar-refractivity contribution is 5.79. The number of aryl methyl sites for hydroxylation is 2. The third-order valence-electron chi connectivity index (χ3n) is 2.87. The van der Waals surface area contributed by atoms with Crippen molar-refractivity contribution in [1.29, 1.82) is 0 Å². The lowest BCUT2D eigenvalue weighted by molar-refractivity contribution is 0.157. The van der Waals surface area contributed by atoms with Crippen molar-refractivity contribution in [2.24, 2.45) is 12.8 Å². The van der Waals surface area contributed by atoms with Gasteiger partial charge in [-0.2, -0.15) is 0 Å². The number of nitrogens with zero attached hydrogens (tertiary/aromatic N) is 2. The fourth-order valence-electron chi connectivity index (χ4n) is 2.07. The number of fused-ring (bicyclic) bond motifs is 1. The summed E-state index contributed by atoms with van der Waals surface area (Å²) >= 11 is 0. The normalized spacial score (nSPS) is 13.2. The maximum Gasteiger partial charge on any atom is 0.138 e. The molecule has 1 heterocycles. The number of hydrogen-bond donors (Lipinski definition) is 2. The van der Waals surface area contributed by atoms with E-state index in [1.807, 2.05) is 36.7 Å². The van der Waals surface area contributed by atoms with Crippen LogP contribution in [0.15, 0.2) is 18.2 Å². The first kappa shape index (κ1) is 11.1. The van der Waals surface area contributed by atoms with Crippen LogP contribution in [0.25, 0.3) is 11.0 Å². The zero-order valence-corrected chi connectivity index (χ0v) is 9.64. The lowest BCUT2D eigenvalue weighted by atomic mass is 10.2. The Balaban J connectivity index is 2.56. The minimum Gasteiger partial charge on any atom is -0.385 e. The SMILES string of the molecule is Cc1cccc2nc(C(O)CCN)n(C)c12. The van der Waals surface area contributed by atoms with E-state index in [0.717, 1.165) is 11.0 Å². The number of imidazole rings is 1. The van der Waals surface area contributed by atoms with Gasteiger partial charge in [0.25, 0.3) is 0 Å². The fourth-order valence-corrected chi connectivity index (χ4v) is 2.07. The van der Waals surface area contributed by atoms with Crippen molar-refractivity contribution < 1.29 is 5.11 Å². The molecule has 0 aliphatic heterocycles. The van der Waals surface area contributed by atoms with Crippen LogP contribution in [0.3, 0.4) is 0 Å². The minimum atomic E-state index is -0.582. The average Bonchev–Trinajstić information content (AvgIpc) is 2.58. The van der Waals surface area contributed by atoms with Crippen LogP contribution < -0.4 is 5.73 Å². The van der Waals surface area contributed by atoms with Crippen molar-refractivity contribution in [3.05, 3.63) is 29.6 Å². The molecule has 0 amide bonds. The largest absolute Gasteiger partial charge is 0.385 e. The van der Waals surface area contributed by atoms with E-state index in [1.165, 1.54) is 5.56 Å². The monoisotopic (exact) mass is 219 g/mol. The van der Waals surface area contributed by atoms with E-state index in [-0.39, 0.29) is 0 Å². The molecular weight excluding hydrogens is 202 g/mol. The molecule has 0 fully saturated rings. The van der Waals surface area contributed by atoms with Gasteiger partial charge in [-0.15, -0.1) is 0 Å². The molecule has 1 aromatic carbocycles. The van der Waals surface area contributed by atoms with Crippen molar-refractivity contribution in [3.63, 3.8) is 0 Å². The van der Waals surface area contributed by atoms with Crippen LogP contribution in [0.5, 0.6) is 0 Å². The molecule has 4 nitrogen and oxygen atoms in total. The second kappa shape index (κ2) is 4.23. The topological polar surface area (TPSA) is 64.1 Å². The quantitative estimate of drug-likeness (QED) is 0.817. The second-order valence-electron chi connectivity index (χ2n) is 4.06. The Kier molecular flexibility index (Phi) is 2.94. The van der Waals surface area contributed by atoms with Crippen molar-refractivity contribution in [2.75, 3.05) is 6.54 Å². The molecule has 0 bridgehead atoms. The van der Waals surface area contributed by atoms with E-state index in [0.29, 0.717) is 18.8 Å². The first-order chi connectivity index (χ1) is 7.65. The van der Waals surface area contributed by atoms with Crippen LogP contribution in [0.4, 0.5) is 0 Å². The smallest absolute Gasteiger partial charge is 0.138 e. The first-order valence-corrected chi connectivity index (χ1v) is 5.45. The van der Waals surface area contributed by atoms with E-state index >= 15 is 0 Å². The third-order valence-corrected chi connectivity index (χ3v) is 2.87. The standard InChI is InChI=1S/C12H17N3O/c1-8-4-3-5-9-11(8)15(2)12(14-9)10(16)6-7-13/h3-5,10,16H,6-7,13H2,1-2H3. The Bertz CT molecular complexity index is 504. The van der Waals surface area contributed by atoms with E-state index in [9.17, 15) is 5.11 Å². The Morgan fingerprint density at radius 2 is 2.25 bits per heavy atom. The van der Waals surface area contributed by atoms with Gasteiger partial charge in [-0.05, 0) is 31.5 Å². The lowest BCUT2D eigenvalue weighted by Gasteiger charge is -2.09. The summed E-state index contributed by atoms with van der Waals surface area (Å²) in [5.74, 6) is 0.690. The summed E-state index contributed by atoms with van der Waals surface area (Å²) < 4.78 is 1.95. The molecule has 0 aliphatic rings. The predicted octanol–water partition coefficient (Wildman–Crippen LogP) is 1.26. The van der Waals surface area contributed by atoms with Gasteiger partial charge in [0.1, 0.15) is 11.9 Å². The molecule has 0 aliphatic carbocycles.